The van der Waals surface area contributed by atoms with Gasteiger partial charge < -0.3 is 4.74 Å². The van der Waals surface area contributed by atoms with Gasteiger partial charge in [0.15, 0.2) is 0 Å². The molecule has 0 radical (unpaired) electrons. The Labute approximate surface area is 170 Å². The largest absolute Gasteiger partial charge is 0.494 e. The van der Waals surface area contributed by atoms with Crippen LogP contribution in [0.25, 0.3) is 10.6 Å². The first kappa shape index (κ1) is 20.0. The molecular weight excluding hydrogens is 370 g/mol. The van der Waals surface area contributed by atoms with Gasteiger partial charge >= 0.3 is 0 Å². The van der Waals surface area contributed by atoms with Crippen molar-refractivity contribution < 1.29 is 9.53 Å². The Morgan fingerprint density at radius 1 is 1.07 bits per heavy atom. The van der Waals surface area contributed by atoms with E-state index in [0.717, 1.165) is 21.9 Å². The zero-order valence-electron chi connectivity index (χ0n) is 16.7. The molecule has 0 saturated heterocycles. The van der Waals surface area contributed by atoms with Gasteiger partial charge in [0, 0.05) is 17.7 Å². The zero-order valence-corrected chi connectivity index (χ0v) is 17.5. The van der Waals surface area contributed by atoms with Crippen LogP contribution < -0.4 is 9.64 Å². The second-order valence-corrected chi connectivity index (χ2v) is 7.98. The predicted molar refractivity (Wildman–Crippen MR) is 114 cm³/mol. The SMILES string of the molecule is CCOc1ccc(-c2nnc(N(CC(C)C)C(=O)c3ccc(C)cc3)s2)cc1. The topological polar surface area (TPSA) is 55.3 Å². The van der Waals surface area contributed by atoms with Crippen LogP contribution in [0.2, 0.25) is 0 Å². The molecule has 1 amide bonds. The minimum absolute atomic E-state index is 0.0527. The number of aromatic nitrogens is 2. The predicted octanol–water partition coefficient (Wildman–Crippen LogP) is 5.22. The van der Waals surface area contributed by atoms with Crippen molar-refractivity contribution in [3.05, 3.63) is 59.7 Å². The van der Waals surface area contributed by atoms with Crippen LogP contribution in [-0.2, 0) is 0 Å². The second kappa shape index (κ2) is 8.97. The highest BCUT2D eigenvalue weighted by atomic mass is 32.1. The second-order valence-electron chi connectivity index (χ2n) is 7.02. The van der Waals surface area contributed by atoms with E-state index in [1.54, 1.807) is 4.90 Å². The maximum atomic E-state index is 13.1. The Bertz CT molecular complexity index is 918. The molecule has 5 nitrogen and oxygen atoms in total. The molecule has 1 heterocycles. The third-order valence-corrected chi connectivity index (χ3v) is 5.14. The summed E-state index contributed by atoms with van der Waals surface area (Å²) >= 11 is 1.42. The number of anilines is 1. The van der Waals surface area contributed by atoms with Gasteiger partial charge in [0.2, 0.25) is 5.13 Å². The quantitative estimate of drug-likeness (QED) is 0.551. The number of amides is 1. The Morgan fingerprint density at radius 3 is 2.36 bits per heavy atom. The van der Waals surface area contributed by atoms with E-state index in [2.05, 4.69) is 24.0 Å². The summed E-state index contributed by atoms with van der Waals surface area (Å²) in [5.74, 6) is 1.09. The maximum Gasteiger partial charge on any atom is 0.260 e. The molecule has 0 N–H and O–H groups in total. The average molecular weight is 396 g/mol. The molecule has 0 aliphatic rings. The Kier molecular flexibility index (Phi) is 6.41. The third kappa shape index (κ3) is 4.75. The summed E-state index contributed by atoms with van der Waals surface area (Å²) in [4.78, 5) is 14.8. The van der Waals surface area contributed by atoms with Crippen LogP contribution in [0, 0.1) is 12.8 Å². The summed E-state index contributed by atoms with van der Waals surface area (Å²) in [5.41, 5.74) is 2.74. The minimum atomic E-state index is -0.0527. The Balaban J connectivity index is 1.87. The number of hydrogen-bond acceptors (Lipinski definition) is 5. The van der Waals surface area contributed by atoms with Crippen molar-refractivity contribution in [1.82, 2.24) is 10.2 Å². The van der Waals surface area contributed by atoms with Gasteiger partial charge in [-0.3, -0.25) is 9.69 Å². The molecule has 2 aromatic carbocycles. The fourth-order valence-electron chi connectivity index (χ4n) is 2.77. The Hall–Kier alpha value is -2.73. The first-order chi connectivity index (χ1) is 13.5. The van der Waals surface area contributed by atoms with Crippen molar-refractivity contribution in [2.75, 3.05) is 18.1 Å². The van der Waals surface area contributed by atoms with E-state index >= 15 is 0 Å². The molecule has 0 spiro atoms. The van der Waals surface area contributed by atoms with Gasteiger partial charge in [-0.1, -0.05) is 42.9 Å². The molecule has 6 heteroatoms. The molecule has 146 valence electrons. The Morgan fingerprint density at radius 2 is 1.75 bits per heavy atom. The molecule has 3 rings (SSSR count). The van der Waals surface area contributed by atoms with Crippen molar-refractivity contribution in [3.63, 3.8) is 0 Å². The van der Waals surface area contributed by atoms with Crippen LogP contribution in [0.15, 0.2) is 48.5 Å². The lowest BCUT2D eigenvalue weighted by atomic mass is 10.1. The molecule has 0 saturated carbocycles. The number of carbonyl (C=O) groups excluding carboxylic acids is 1. The number of carbonyl (C=O) groups is 1. The maximum absolute atomic E-state index is 13.1. The summed E-state index contributed by atoms with van der Waals surface area (Å²) < 4.78 is 5.49. The number of rotatable bonds is 7. The number of benzene rings is 2. The zero-order chi connectivity index (χ0) is 20.1. The van der Waals surface area contributed by atoms with E-state index in [1.165, 1.54) is 11.3 Å². The average Bonchev–Trinajstić information content (AvgIpc) is 3.17. The first-order valence-electron chi connectivity index (χ1n) is 9.43. The highest BCUT2D eigenvalue weighted by molar-refractivity contribution is 7.18. The fraction of sp³-hybridized carbons (Fsp3) is 0.318. The van der Waals surface area contributed by atoms with Gasteiger partial charge in [-0.25, -0.2) is 0 Å². The van der Waals surface area contributed by atoms with Gasteiger partial charge in [-0.05, 0) is 56.2 Å². The van der Waals surface area contributed by atoms with Gasteiger partial charge in [-0.2, -0.15) is 0 Å². The van der Waals surface area contributed by atoms with Crippen molar-refractivity contribution in [3.8, 4) is 16.3 Å². The molecule has 0 fully saturated rings. The van der Waals surface area contributed by atoms with E-state index in [1.807, 2.05) is 62.4 Å². The molecule has 3 aromatic rings. The van der Waals surface area contributed by atoms with E-state index in [9.17, 15) is 4.79 Å². The van der Waals surface area contributed by atoms with Gasteiger partial charge in [0.1, 0.15) is 10.8 Å². The summed E-state index contributed by atoms with van der Waals surface area (Å²) in [6.45, 7) is 9.36. The molecule has 0 bridgehead atoms. The first-order valence-corrected chi connectivity index (χ1v) is 10.2. The molecule has 0 atom stereocenters. The van der Waals surface area contributed by atoms with E-state index in [0.29, 0.717) is 29.8 Å². The monoisotopic (exact) mass is 395 g/mol. The number of hydrogen-bond donors (Lipinski definition) is 0. The van der Waals surface area contributed by atoms with Crippen LogP contribution in [0.3, 0.4) is 0 Å². The molecule has 0 unspecified atom stereocenters. The van der Waals surface area contributed by atoms with Gasteiger partial charge in [-0.15, -0.1) is 10.2 Å². The van der Waals surface area contributed by atoms with E-state index in [-0.39, 0.29) is 5.91 Å². The molecule has 1 aromatic heterocycles. The summed E-state index contributed by atoms with van der Waals surface area (Å²) in [6, 6.07) is 15.4. The fourth-order valence-corrected chi connectivity index (χ4v) is 3.62. The van der Waals surface area contributed by atoms with Gasteiger partial charge in [0.05, 0.1) is 6.61 Å². The summed E-state index contributed by atoms with van der Waals surface area (Å²) in [6.07, 6.45) is 0. The van der Waals surface area contributed by atoms with Crippen molar-refractivity contribution >= 4 is 22.4 Å². The molecule has 0 aliphatic heterocycles. The van der Waals surface area contributed by atoms with Crippen molar-refractivity contribution in [1.29, 1.82) is 0 Å². The lowest BCUT2D eigenvalue weighted by Crippen LogP contribution is -2.34. The van der Waals surface area contributed by atoms with Crippen LogP contribution in [0.5, 0.6) is 5.75 Å². The lowest BCUT2D eigenvalue weighted by Gasteiger charge is -2.21. The normalized spacial score (nSPS) is 10.9. The van der Waals surface area contributed by atoms with Crippen molar-refractivity contribution in [2.45, 2.75) is 27.7 Å². The number of nitrogens with zero attached hydrogens (tertiary/aromatic N) is 3. The number of ether oxygens (including phenoxy) is 1. The summed E-state index contributed by atoms with van der Waals surface area (Å²) in [7, 11) is 0. The standard InChI is InChI=1S/C22H25N3O2S/c1-5-27-19-12-10-17(11-13-19)20-23-24-22(28-20)25(14-15(2)3)21(26)18-8-6-16(4)7-9-18/h6-13,15H,5,14H2,1-4H3. The molecular formula is C22H25N3O2S. The summed E-state index contributed by atoms with van der Waals surface area (Å²) in [5, 5.41) is 10.0. The van der Waals surface area contributed by atoms with Crippen LogP contribution in [-0.4, -0.2) is 29.3 Å². The highest BCUT2D eigenvalue weighted by Gasteiger charge is 2.23. The van der Waals surface area contributed by atoms with Crippen LogP contribution >= 0.6 is 11.3 Å². The number of aryl methyl sites for hydroxylation is 1. The smallest absolute Gasteiger partial charge is 0.260 e. The van der Waals surface area contributed by atoms with Gasteiger partial charge in [0.25, 0.3) is 5.91 Å². The van der Waals surface area contributed by atoms with Crippen LogP contribution in [0.4, 0.5) is 5.13 Å². The third-order valence-electron chi connectivity index (χ3n) is 4.15. The molecule has 28 heavy (non-hydrogen) atoms. The van der Waals surface area contributed by atoms with Crippen LogP contribution in [0.1, 0.15) is 36.7 Å². The lowest BCUT2D eigenvalue weighted by molar-refractivity contribution is 0.0983. The molecule has 0 aliphatic carbocycles. The van der Waals surface area contributed by atoms with E-state index in [4.69, 9.17) is 4.74 Å². The minimum Gasteiger partial charge on any atom is -0.494 e. The van der Waals surface area contributed by atoms with Crippen molar-refractivity contribution in [2.24, 2.45) is 5.92 Å². The highest BCUT2D eigenvalue weighted by Crippen LogP contribution is 2.31. The van der Waals surface area contributed by atoms with E-state index < -0.39 is 0 Å².